The lowest BCUT2D eigenvalue weighted by Crippen LogP contribution is -2.17. The summed E-state index contributed by atoms with van der Waals surface area (Å²) >= 11 is 0. The summed E-state index contributed by atoms with van der Waals surface area (Å²) in [7, 11) is 0. The van der Waals surface area contributed by atoms with Crippen molar-refractivity contribution in [2.75, 3.05) is 0 Å². The van der Waals surface area contributed by atoms with E-state index < -0.39 is 11.5 Å². The van der Waals surface area contributed by atoms with Crippen LogP contribution in [0.15, 0.2) is 106 Å². The molecule has 160 valence electrons. The first-order valence-electron chi connectivity index (χ1n) is 10.1. The molecule has 8 nitrogen and oxygen atoms in total. The van der Waals surface area contributed by atoms with E-state index in [-0.39, 0.29) is 0 Å². The minimum absolute atomic E-state index is 0.295. The predicted molar refractivity (Wildman–Crippen MR) is 124 cm³/mol. The molecule has 0 bridgehead atoms. The highest BCUT2D eigenvalue weighted by molar-refractivity contribution is 5.95. The highest BCUT2D eigenvalue weighted by atomic mass is 16.4. The lowest BCUT2D eigenvalue weighted by Gasteiger charge is -2.02. The van der Waals surface area contributed by atoms with Crippen LogP contribution in [0.5, 0.6) is 0 Å². The molecule has 8 heteroatoms. The number of benzene rings is 2. The maximum Gasteiger partial charge on any atom is 0.345 e. The van der Waals surface area contributed by atoms with Crippen LogP contribution in [-0.4, -0.2) is 26.9 Å². The van der Waals surface area contributed by atoms with Gasteiger partial charge in [-0.3, -0.25) is 9.78 Å². The summed E-state index contributed by atoms with van der Waals surface area (Å²) in [6, 6.07) is 21.8. The first kappa shape index (κ1) is 20.1. The summed E-state index contributed by atoms with van der Waals surface area (Å²) in [5, 5.41) is 9.45. The van der Waals surface area contributed by atoms with Crippen LogP contribution in [0.25, 0.3) is 27.9 Å². The second kappa shape index (κ2) is 8.72. The molecule has 0 aliphatic heterocycles. The maximum atomic E-state index is 12.8. The molecule has 1 amide bonds. The van der Waals surface area contributed by atoms with E-state index >= 15 is 0 Å². The number of pyridine rings is 1. The van der Waals surface area contributed by atoms with Gasteiger partial charge in [-0.15, -0.1) is 0 Å². The van der Waals surface area contributed by atoms with E-state index in [1.54, 1.807) is 47.4 Å². The zero-order valence-electron chi connectivity index (χ0n) is 17.3. The Labute approximate surface area is 187 Å². The fourth-order valence-corrected chi connectivity index (χ4v) is 3.35. The van der Waals surface area contributed by atoms with Crippen molar-refractivity contribution < 1.29 is 9.21 Å². The molecule has 3 heterocycles. The first-order chi connectivity index (χ1) is 16.2. The standard InChI is InChI=1S/C25H17N5O3/c31-24(18-8-6-12-26-14-18)28-27-15-19-16-30(20-9-2-1-3-10-20)29-23(19)21-13-17-7-4-5-11-22(17)33-25(21)32/h1-16H,(H,28,31)/b27-15-. The molecule has 0 atom stereocenters. The average molecular weight is 435 g/mol. The Morgan fingerprint density at radius 3 is 2.67 bits per heavy atom. The number of carbonyl (C=O) groups is 1. The smallest absolute Gasteiger partial charge is 0.345 e. The van der Waals surface area contributed by atoms with Gasteiger partial charge in [0.25, 0.3) is 5.91 Å². The van der Waals surface area contributed by atoms with Crippen LogP contribution < -0.4 is 11.1 Å². The predicted octanol–water partition coefficient (Wildman–Crippen LogP) is 3.80. The molecule has 0 spiro atoms. The van der Waals surface area contributed by atoms with E-state index in [0.717, 1.165) is 11.1 Å². The molecule has 33 heavy (non-hydrogen) atoms. The number of nitrogens with one attached hydrogen (secondary N) is 1. The van der Waals surface area contributed by atoms with Crippen LogP contribution in [0.4, 0.5) is 0 Å². The summed E-state index contributed by atoms with van der Waals surface area (Å²) in [6.45, 7) is 0. The van der Waals surface area contributed by atoms with Gasteiger partial charge in [-0.1, -0.05) is 36.4 Å². The fourth-order valence-electron chi connectivity index (χ4n) is 3.35. The molecule has 0 fully saturated rings. The van der Waals surface area contributed by atoms with Crippen molar-refractivity contribution in [2.24, 2.45) is 5.10 Å². The number of fused-ring (bicyclic) bond motifs is 1. The molecule has 5 rings (SSSR count). The minimum atomic E-state index is -0.513. The Bertz CT molecular complexity index is 1520. The molecule has 0 saturated carbocycles. The molecular weight excluding hydrogens is 418 g/mol. The number of hydrogen-bond acceptors (Lipinski definition) is 6. The summed E-state index contributed by atoms with van der Waals surface area (Å²) in [4.78, 5) is 29.0. The Balaban J connectivity index is 1.55. The average Bonchev–Trinajstić information content (AvgIpc) is 3.28. The van der Waals surface area contributed by atoms with Crippen molar-refractivity contribution in [1.29, 1.82) is 0 Å². The van der Waals surface area contributed by atoms with E-state index in [9.17, 15) is 9.59 Å². The van der Waals surface area contributed by atoms with Crippen LogP contribution in [0.2, 0.25) is 0 Å². The lowest BCUT2D eigenvalue weighted by atomic mass is 10.1. The topological polar surface area (TPSA) is 102 Å². The van der Waals surface area contributed by atoms with Crippen molar-refractivity contribution in [3.8, 4) is 16.9 Å². The third kappa shape index (κ3) is 4.17. The second-order valence-corrected chi connectivity index (χ2v) is 7.14. The van der Waals surface area contributed by atoms with E-state index in [4.69, 9.17) is 4.42 Å². The maximum absolute atomic E-state index is 12.8. The van der Waals surface area contributed by atoms with E-state index in [2.05, 4.69) is 20.6 Å². The van der Waals surface area contributed by atoms with Gasteiger partial charge in [0.2, 0.25) is 0 Å². The third-order valence-electron chi connectivity index (χ3n) is 4.95. The van der Waals surface area contributed by atoms with Gasteiger partial charge in [0.15, 0.2) is 0 Å². The van der Waals surface area contributed by atoms with E-state index in [1.807, 2.05) is 42.5 Å². The molecule has 0 saturated heterocycles. The molecular formula is C25H17N5O3. The molecule has 0 unspecified atom stereocenters. The van der Waals surface area contributed by atoms with Gasteiger partial charge >= 0.3 is 5.63 Å². The van der Waals surface area contributed by atoms with Crippen molar-refractivity contribution in [2.45, 2.75) is 0 Å². The van der Waals surface area contributed by atoms with Gasteiger partial charge in [0.1, 0.15) is 11.3 Å². The zero-order chi connectivity index (χ0) is 22.6. The van der Waals surface area contributed by atoms with Crippen LogP contribution in [0.1, 0.15) is 15.9 Å². The first-order valence-corrected chi connectivity index (χ1v) is 10.1. The summed E-state index contributed by atoms with van der Waals surface area (Å²) in [6.07, 6.45) is 6.22. The Hall–Kier alpha value is -4.85. The summed E-state index contributed by atoms with van der Waals surface area (Å²) in [5.41, 5.74) is 4.86. The van der Waals surface area contributed by atoms with Gasteiger partial charge < -0.3 is 4.42 Å². The summed E-state index contributed by atoms with van der Waals surface area (Å²) in [5.74, 6) is -0.401. The van der Waals surface area contributed by atoms with Crippen molar-refractivity contribution >= 4 is 23.1 Å². The molecule has 0 aliphatic rings. The Kier molecular flexibility index (Phi) is 5.30. The van der Waals surface area contributed by atoms with Crippen LogP contribution in [0.3, 0.4) is 0 Å². The highest BCUT2D eigenvalue weighted by Crippen LogP contribution is 2.23. The Morgan fingerprint density at radius 2 is 1.85 bits per heavy atom. The van der Waals surface area contributed by atoms with Crippen molar-refractivity contribution in [3.05, 3.63) is 113 Å². The largest absolute Gasteiger partial charge is 0.422 e. The van der Waals surface area contributed by atoms with E-state index in [0.29, 0.717) is 28.0 Å². The molecule has 2 aromatic carbocycles. The lowest BCUT2D eigenvalue weighted by molar-refractivity contribution is 0.0955. The molecule has 3 aromatic heterocycles. The molecule has 0 aliphatic carbocycles. The number of hydrogen-bond donors (Lipinski definition) is 1. The fraction of sp³-hybridized carbons (Fsp3) is 0. The molecule has 0 radical (unpaired) electrons. The zero-order valence-corrected chi connectivity index (χ0v) is 17.3. The second-order valence-electron chi connectivity index (χ2n) is 7.14. The van der Waals surface area contributed by atoms with Crippen LogP contribution >= 0.6 is 0 Å². The SMILES string of the molecule is O=C(N/N=C\c1cn(-c2ccccc2)nc1-c1cc2ccccc2oc1=O)c1cccnc1. The van der Waals surface area contributed by atoms with Crippen LogP contribution in [0, 0.1) is 0 Å². The Morgan fingerprint density at radius 1 is 1.03 bits per heavy atom. The molecule has 1 N–H and O–H groups in total. The van der Waals surface area contributed by atoms with Gasteiger partial charge in [-0.2, -0.15) is 10.2 Å². The third-order valence-corrected chi connectivity index (χ3v) is 4.95. The summed E-state index contributed by atoms with van der Waals surface area (Å²) < 4.78 is 7.14. The molecule has 5 aromatic rings. The normalized spacial score (nSPS) is 11.2. The number of hydrazone groups is 1. The monoisotopic (exact) mass is 435 g/mol. The number of nitrogens with zero attached hydrogens (tertiary/aromatic N) is 4. The number of aromatic nitrogens is 3. The van der Waals surface area contributed by atoms with Gasteiger partial charge in [0.05, 0.1) is 23.0 Å². The quantitative estimate of drug-likeness (QED) is 0.257. The number of amides is 1. The number of carbonyl (C=O) groups excluding carboxylic acids is 1. The van der Waals surface area contributed by atoms with E-state index in [1.165, 1.54) is 12.4 Å². The van der Waals surface area contributed by atoms with Crippen LogP contribution in [-0.2, 0) is 0 Å². The highest BCUT2D eigenvalue weighted by Gasteiger charge is 2.16. The van der Waals surface area contributed by atoms with Gasteiger partial charge in [0, 0.05) is 29.5 Å². The van der Waals surface area contributed by atoms with Crippen molar-refractivity contribution in [3.63, 3.8) is 0 Å². The number of para-hydroxylation sites is 2. The number of rotatable bonds is 5. The minimum Gasteiger partial charge on any atom is -0.422 e. The van der Waals surface area contributed by atoms with Gasteiger partial charge in [-0.05, 0) is 36.4 Å². The van der Waals surface area contributed by atoms with Gasteiger partial charge in [-0.25, -0.2) is 14.9 Å². The van der Waals surface area contributed by atoms with Crippen molar-refractivity contribution in [1.82, 2.24) is 20.2 Å².